The molecular formula is C20H16N2O2S2. The fourth-order valence-electron chi connectivity index (χ4n) is 2.20. The van der Waals surface area contributed by atoms with Crippen LogP contribution in [0.25, 0.3) is 10.9 Å². The Morgan fingerprint density at radius 1 is 0.731 bits per heavy atom. The minimum Gasteiger partial charge on any atom is -0.358 e. The van der Waals surface area contributed by atoms with E-state index in [4.69, 9.17) is 0 Å². The zero-order valence-corrected chi connectivity index (χ0v) is 15.4. The Balaban J connectivity index is 0.000000152. The second kappa shape index (κ2) is 9.12. The van der Waals surface area contributed by atoms with Gasteiger partial charge in [-0.2, -0.15) is 0 Å². The molecule has 4 aromatic rings. The smallest absolute Gasteiger partial charge is 0.321 e. The lowest BCUT2D eigenvalue weighted by atomic mass is 10.2. The first-order valence-electron chi connectivity index (χ1n) is 7.89. The first-order valence-corrected chi connectivity index (χ1v) is 10.0. The summed E-state index contributed by atoms with van der Waals surface area (Å²) in [6.45, 7) is 0. The Morgan fingerprint density at radius 3 is 1.73 bits per heavy atom. The Hall–Kier alpha value is -2.70. The largest absolute Gasteiger partial charge is 0.358 e. The molecule has 4 rings (SSSR count). The lowest BCUT2D eigenvalue weighted by Gasteiger charge is -1.99. The fraction of sp³-hybridized carbons (Fsp3) is 0. The van der Waals surface area contributed by atoms with Gasteiger partial charge in [0.2, 0.25) is 0 Å². The number of nitro groups is 1. The van der Waals surface area contributed by atoms with Crippen LogP contribution in [0.15, 0.2) is 101 Å². The van der Waals surface area contributed by atoms with Crippen LogP contribution in [0.3, 0.4) is 0 Å². The number of rotatable bonds is 4. The number of hydrogen-bond donors (Lipinski definition) is 1. The molecule has 4 nitrogen and oxygen atoms in total. The number of aromatic nitrogens is 1. The molecule has 0 aliphatic heterocycles. The van der Waals surface area contributed by atoms with Crippen LogP contribution in [0.5, 0.6) is 0 Å². The second-order valence-electron chi connectivity index (χ2n) is 5.29. The molecule has 0 fully saturated rings. The molecule has 3 aromatic carbocycles. The van der Waals surface area contributed by atoms with E-state index < -0.39 is 4.92 Å². The van der Waals surface area contributed by atoms with E-state index in [0.29, 0.717) is 0 Å². The van der Waals surface area contributed by atoms with Crippen LogP contribution in [0.4, 0.5) is 5.82 Å². The summed E-state index contributed by atoms with van der Waals surface area (Å²) in [6, 6.07) is 29.7. The van der Waals surface area contributed by atoms with Crippen molar-refractivity contribution in [3.05, 3.63) is 101 Å². The molecule has 0 saturated heterocycles. The van der Waals surface area contributed by atoms with Crippen LogP contribution in [-0.2, 0) is 0 Å². The van der Waals surface area contributed by atoms with Crippen molar-refractivity contribution in [1.82, 2.24) is 4.98 Å². The van der Waals surface area contributed by atoms with E-state index in [1.165, 1.54) is 15.9 Å². The lowest BCUT2D eigenvalue weighted by molar-refractivity contribution is -0.389. The van der Waals surface area contributed by atoms with Crippen molar-refractivity contribution in [2.45, 2.75) is 9.79 Å². The average Bonchev–Trinajstić information content (AvgIpc) is 3.13. The number of aromatic amines is 1. The Bertz CT molecular complexity index is 900. The van der Waals surface area contributed by atoms with Crippen LogP contribution in [0.1, 0.15) is 0 Å². The highest BCUT2D eigenvalue weighted by Crippen LogP contribution is 2.36. The van der Waals surface area contributed by atoms with Crippen molar-refractivity contribution < 1.29 is 4.92 Å². The van der Waals surface area contributed by atoms with E-state index >= 15 is 0 Å². The van der Waals surface area contributed by atoms with Gasteiger partial charge >= 0.3 is 5.82 Å². The van der Waals surface area contributed by atoms with Crippen molar-refractivity contribution >= 4 is 38.3 Å². The van der Waals surface area contributed by atoms with Crippen molar-refractivity contribution in [1.29, 1.82) is 0 Å². The SMILES string of the molecule is O=[N+]([O-])c1cc2ccccc2[nH]1.c1ccc(SSc2ccccc2)cc1. The fourth-order valence-corrected chi connectivity index (χ4v) is 4.18. The van der Waals surface area contributed by atoms with Gasteiger partial charge in [-0.3, -0.25) is 0 Å². The highest BCUT2D eigenvalue weighted by molar-refractivity contribution is 8.76. The van der Waals surface area contributed by atoms with E-state index in [2.05, 4.69) is 53.5 Å². The molecule has 0 radical (unpaired) electrons. The molecule has 130 valence electrons. The molecule has 0 atom stereocenters. The molecule has 0 saturated carbocycles. The highest BCUT2D eigenvalue weighted by atomic mass is 33.1. The first kappa shape index (κ1) is 18.1. The summed E-state index contributed by atoms with van der Waals surface area (Å²) >= 11 is 0. The number of nitrogens with zero attached hydrogens (tertiary/aromatic N) is 1. The van der Waals surface area contributed by atoms with Gasteiger partial charge in [-0.1, -0.05) is 76.2 Å². The molecule has 1 aromatic heterocycles. The number of benzene rings is 3. The summed E-state index contributed by atoms with van der Waals surface area (Å²) in [7, 11) is 3.58. The van der Waals surface area contributed by atoms with E-state index in [-0.39, 0.29) is 5.82 Å². The van der Waals surface area contributed by atoms with Gasteiger partial charge in [0.05, 0.1) is 0 Å². The maximum absolute atomic E-state index is 10.3. The Morgan fingerprint density at radius 2 is 1.23 bits per heavy atom. The van der Waals surface area contributed by atoms with E-state index in [1.807, 2.05) is 36.4 Å². The first-order chi connectivity index (χ1) is 12.7. The zero-order chi connectivity index (χ0) is 18.2. The predicted octanol–water partition coefficient (Wildman–Crippen LogP) is 6.56. The van der Waals surface area contributed by atoms with Crippen molar-refractivity contribution in [2.75, 3.05) is 0 Å². The average molecular weight is 380 g/mol. The zero-order valence-electron chi connectivity index (χ0n) is 13.7. The molecule has 26 heavy (non-hydrogen) atoms. The second-order valence-corrected chi connectivity index (χ2v) is 7.57. The van der Waals surface area contributed by atoms with E-state index in [0.717, 1.165) is 10.9 Å². The number of para-hydroxylation sites is 1. The lowest BCUT2D eigenvalue weighted by Crippen LogP contribution is -1.85. The summed E-state index contributed by atoms with van der Waals surface area (Å²) in [4.78, 5) is 15.2. The van der Waals surface area contributed by atoms with Crippen molar-refractivity contribution in [3.63, 3.8) is 0 Å². The van der Waals surface area contributed by atoms with Gasteiger partial charge in [-0.25, -0.2) is 4.98 Å². The van der Waals surface area contributed by atoms with Crippen molar-refractivity contribution in [2.24, 2.45) is 0 Å². The van der Waals surface area contributed by atoms with Gasteiger partial charge in [-0.05, 0) is 35.3 Å². The molecule has 0 bridgehead atoms. The number of nitrogens with one attached hydrogen (secondary N) is 1. The number of fused-ring (bicyclic) bond motifs is 1. The molecule has 0 aliphatic rings. The Labute approximate surface area is 159 Å². The van der Waals surface area contributed by atoms with Crippen LogP contribution in [-0.4, -0.2) is 9.91 Å². The normalized spacial score (nSPS) is 10.2. The Kier molecular flexibility index (Phi) is 6.35. The minimum atomic E-state index is -0.431. The van der Waals surface area contributed by atoms with Gasteiger partial charge in [0, 0.05) is 21.2 Å². The maximum Gasteiger partial charge on any atom is 0.321 e. The van der Waals surface area contributed by atoms with Gasteiger partial charge in [0.25, 0.3) is 0 Å². The molecule has 0 amide bonds. The van der Waals surface area contributed by atoms with Gasteiger partial charge in [0.15, 0.2) is 0 Å². The third-order valence-corrected chi connectivity index (χ3v) is 5.85. The minimum absolute atomic E-state index is 0.0381. The summed E-state index contributed by atoms with van der Waals surface area (Å²) in [6.07, 6.45) is 0. The van der Waals surface area contributed by atoms with Crippen LogP contribution in [0.2, 0.25) is 0 Å². The van der Waals surface area contributed by atoms with E-state index in [9.17, 15) is 10.1 Å². The molecular weight excluding hydrogens is 364 g/mol. The van der Waals surface area contributed by atoms with Crippen molar-refractivity contribution in [3.8, 4) is 0 Å². The number of H-pyrrole nitrogens is 1. The summed E-state index contributed by atoms with van der Waals surface area (Å²) in [5.41, 5.74) is 0.796. The van der Waals surface area contributed by atoms with Gasteiger partial charge < -0.3 is 10.1 Å². The molecule has 0 unspecified atom stereocenters. The third-order valence-electron chi connectivity index (χ3n) is 3.43. The monoisotopic (exact) mass is 380 g/mol. The van der Waals surface area contributed by atoms with Gasteiger partial charge in [0.1, 0.15) is 5.52 Å². The van der Waals surface area contributed by atoms with Crippen LogP contribution >= 0.6 is 21.6 Å². The van der Waals surface area contributed by atoms with Crippen LogP contribution < -0.4 is 0 Å². The molecule has 6 heteroatoms. The molecule has 1 N–H and O–H groups in total. The van der Waals surface area contributed by atoms with Crippen LogP contribution in [0, 0.1) is 10.1 Å². The quantitative estimate of drug-likeness (QED) is 0.247. The van der Waals surface area contributed by atoms with E-state index in [1.54, 1.807) is 21.6 Å². The highest BCUT2D eigenvalue weighted by Gasteiger charge is 2.07. The van der Waals surface area contributed by atoms with Gasteiger partial charge in [-0.15, -0.1) is 0 Å². The molecule has 1 heterocycles. The summed E-state index contributed by atoms with van der Waals surface area (Å²) in [5, 5.41) is 11.2. The molecule has 0 spiro atoms. The predicted molar refractivity (Wildman–Crippen MR) is 110 cm³/mol. The maximum atomic E-state index is 10.3. The summed E-state index contributed by atoms with van der Waals surface area (Å²) < 4.78 is 0. The number of hydrogen-bond acceptors (Lipinski definition) is 4. The third kappa shape index (κ3) is 5.15. The standard InChI is InChI=1S/C12H10S2.C8H6N2O2/c1-3-7-11(8-4-1)13-14-12-9-5-2-6-10-12;11-10(12)8-5-6-3-1-2-4-7(6)9-8/h1-10H;1-5,9H. The topological polar surface area (TPSA) is 58.9 Å². The summed E-state index contributed by atoms with van der Waals surface area (Å²) in [5.74, 6) is 0.0381. The molecule has 0 aliphatic carbocycles.